The maximum absolute atomic E-state index is 12.1. The first-order chi connectivity index (χ1) is 9.52. The van der Waals surface area contributed by atoms with E-state index in [1.165, 1.54) is 12.1 Å². The number of anilines is 2. The van der Waals surface area contributed by atoms with E-state index in [0.29, 0.717) is 22.5 Å². The number of amides is 1. The molecule has 0 unspecified atom stereocenters. The molecule has 0 spiro atoms. The monoisotopic (exact) mass is 267 g/mol. The quantitative estimate of drug-likeness (QED) is 0.727. The summed E-state index contributed by atoms with van der Waals surface area (Å²) in [6.07, 6.45) is 0. The number of carbonyl (C=O) groups is 1. The topological polar surface area (TPSA) is 99.1 Å². The highest BCUT2D eigenvalue weighted by molar-refractivity contribution is 6.07. The number of carbonyl (C=O) groups excluding carboxylic acids is 1. The Labute approximate surface area is 116 Å². The lowest BCUT2D eigenvalue weighted by Gasteiger charge is -2.10. The van der Waals surface area contributed by atoms with E-state index in [-0.39, 0.29) is 11.3 Å². The predicted molar refractivity (Wildman–Crippen MR) is 76.4 cm³/mol. The molecule has 100 valence electrons. The van der Waals surface area contributed by atoms with Crippen molar-refractivity contribution < 1.29 is 9.90 Å². The van der Waals surface area contributed by atoms with E-state index in [1.54, 1.807) is 31.2 Å². The third-order valence-corrected chi connectivity index (χ3v) is 2.91. The van der Waals surface area contributed by atoms with Gasteiger partial charge in [0.2, 0.25) is 0 Å². The van der Waals surface area contributed by atoms with Crippen molar-refractivity contribution in [1.82, 2.24) is 0 Å². The van der Waals surface area contributed by atoms with Gasteiger partial charge in [-0.2, -0.15) is 5.26 Å². The van der Waals surface area contributed by atoms with Crippen molar-refractivity contribution in [2.45, 2.75) is 6.92 Å². The number of phenols is 1. The molecule has 4 N–H and O–H groups in total. The average molecular weight is 267 g/mol. The lowest BCUT2D eigenvalue weighted by Crippen LogP contribution is -2.13. The number of aromatic hydroxyl groups is 1. The molecule has 0 saturated heterocycles. The third-order valence-electron chi connectivity index (χ3n) is 2.91. The molecule has 0 bridgehead atoms. The number of nitrogens with zero attached hydrogens (tertiary/aromatic N) is 1. The second kappa shape index (κ2) is 5.33. The molecular weight excluding hydrogens is 254 g/mol. The Hall–Kier alpha value is -3.00. The number of nitrogen functional groups attached to an aromatic ring is 1. The minimum atomic E-state index is -0.456. The van der Waals surface area contributed by atoms with Crippen LogP contribution in [0.25, 0.3) is 0 Å². The SMILES string of the molecule is Cc1cccc(C(=O)Nc2ccc(C#N)cc2N)c1O. The zero-order chi connectivity index (χ0) is 14.7. The molecule has 0 aliphatic carbocycles. The smallest absolute Gasteiger partial charge is 0.259 e. The van der Waals surface area contributed by atoms with Crippen LogP contribution in [0.2, 0.25) is 0 Å². The summed E-state index contributed by atoms with van der Waals surface area (Å²) in [5.74, 6) is -0.514. The molecular formula is C15H13N3O2. The zero-order valence-corrected chi connectivity index (χ0v) is 10.8. The maximum Gasteiger partial charge on any atom is 0.259 e. The highest BCUT2D eigenvalue weighted by Gasteiger charge is 2.13. The van der Waals surface area contributed by atoms with Crippen LogP contribution < -0.4 is 11.1 Å². The van der Waals surface area contributed by atoms with Gasteiger partial charge in [0.15, 0.2) is 0 Å². The Morgan fingerprint density at radius 2 is 2.10 bits per heavy atom. The third kappa shape index (κ3) is 2.54. The minimum absolute atomic E-state index is 0.0581. The summed E-state index contributed by atoms with van der Waals surface area (Å²) in [6, 6.07) is 11.5. The van der Waals surface area contributed by atoms with Crippen LogP contribution in [0.3, 0.4) is 0 Å². The number of hydrogen-bond acceptors (Lipinski definition) is 4. The van der Waals surface area contributed by atoms with E-state index < -0.39 is 5.91 Å². The van der Waals surface area contributed by atoms with Gasteiger partial charge in [-0.05, 0) is 36.8 Å². The Morgan fingerprint density at radius 3 is 2.75 bits per heavy atom. The zero-order valence-electron chi connectivity index (χ0n) is 10.8. The molecule has 0 heterocycles. The van der Waals surface area contributed by atoms with Crippen molar-refractivity contribution >= 4 is 17.3 Å². The Bertz CT molecular complexity index is 718. The van der Waals surface area contributed by atoms with Crippen LogP contribution in [-0.2, 0) is 0 Å². The van der Waals surface area contributed by atoms with Crippen LogP contribution in [0.4, 0.5) is 11.4 Å². The van der Waals surface area contributed by atoms with Gasteiger partial charge < -0.3 is 16.2 Å². The Balaban J connectivity index is 2.29. The number of phenolic OH excluding ortho intramolecular Hbond substituents is 1. The second-order valence-corrected chi connectivity index (χ2v) is 4.34. The molecule has 0 aliphatic rings. The number of aryl methyl sites for hydroxylation is 1. The fourth-order valence-corrected chi connectivity index (χ4v) is 1.78. The van der Waals surface area contributed by atoms with E-state index in [1.807, 2.05) is 6.07 Å². The van der Waals surface area contributed by atoms with Gasteiger partial charge in [-0.3, -0.25) is 4.79 Å². The van der Waals surface area contributed by atoms with Crippen LogP contribution >= 0.6 is 0 Å². The van der Waals surface area contributed by atoms with Crippen molar-refractivity contribution in [2.24, 2.45) is 0 Å². The molecule has 0 radical (unpaired) electrons. The van der Waals surface area contributed by atoms with E-state index >= 15 is 0 Å². The van der Waals surface area contributed by atoms with Gasteiger partial charge in [-0.1, -0.05) is 12.1 Å². The van der Waals surface area contributed by atoms with E-state index in [4.69, 9.17) is 11.0 Å². The van der Waals surface area contributed by atoms with Crippen molar-refractivity contribution in [3.8, 4) is 11.8 Å². The highest BCUT2D eigenvalue weighted by atomic mass is 16.3. The number of benzene rings is 2. The van der Waals surface area contributed by atoms with Crippen LogP contribution in [-0.4, -0.2) is 11.0 Å². The van der Waals surface area contributed by atoms with Crippen molar-refractivity contribution in [1.29, 1.82) is 5.26 Å². The second-order valence-electron chi connectivity index (χ2n) is 4.34. The first-order valence-electron chi connectivity index (χ1n) is 5.92. The summed E-state index contributed by atoms with van der Waals surface area (Å²) in [6.45, 7) is 1.71. The van der Waals surface area contributed by atoms with Crippen molar-refractivity contribution in [2.75, 3.05) is 11.1 Å². The van der Waals surface area contributed by atoms with Gasteiger partial charge in [0.05, 0.1) is 28.6 Å². The summed E-state index contributed by atoms with van der Waals surface area (Å²) >= 11 is 0. The predicted octanol–water partition coefficient (Wildman–Crippen LogP) is 2.41. The molecule has 0 fully saturated rings. The lowest BCUT2D eigenvalue weighted by molar-refractivity contribution is 0.102. The Morgan fingerprint density at radius 1 is 1.35 bits per heavy atom. The van der Waals surface area contributed by atoms with Gasteiger partial charge in [0.25, 0.3) is 5.91 Å². The van der Waals surface area contributed by atoms with Gasteiger partial charge in [-0.15, -0.1) is 0 Å². The van der Waals surface area contributed by atoms with E-state index in [0.717, 1.165) is 0 Å². The minimum Gasteiger partial charge on any atom is -0.507 e. The molecule has 2 aromatic rings. The standard InChI is InChI=1S/C15H13N3O2/c1-9-3-2-4-11(14(9)19)15(20)18-13-6-5-10(8-16)7-12(13)17/h2-7,19H,17H2,1H3,(H,18,20). The molecule has 5 nitrogen and oxygen atoms in total. The number of nitrogens with one attached hydrogen (secondary N) is 1. The van der Waals surface area contributed by atoms with Gasteiger partial charge in [0.1, 0.15) is 5.75 Å². The summed E-state index contributed by atoms with van der Waals surface area (Å²) in [5.41, 5.74) is 7.66. The number of para-hydroxylation sites is 1. The number of nitrogens with two attached hydrogens (primary N) is 1. The molecule has 1 amide bonds. The van der Waals surface area contributed by atoms with Crippen LogP contribution in [0.15, 0.2) is 36.4 Å². The van der Waals surface area contributed by atoms with Crippen LogP contribution in [0, 0.1) is 18.3 Å². The molecule has 0 aromatic heterocycles. The largest absolute Gasteiger partial charge is 0.507 e. The number of hydrogen-bond donors (Lipinski definition) is 3. The Kier molecular flexibility index (Phi) is 3.58. The van der Waals surface area contributed by atoms with Gasteiger partial charge >= 0.3 is 0 Å². The molecule has 0 atom stereocenters. The fourth-order valence-electron chi connectivity index (χ4n) is 1.78. The molecule has 2 aromatic carbocycles. The molecule has 20 heavy (non-hydrogen) atoms. The molecule has 5 heteroatoms. The molecule has 0 saturated carbocycles. The summed E-state index contributed by atoms with van der Waals surface area (Å²) in [4.78, 5) is 12.1. The first kappa shape index (κ1) is 13.4. The summed E-state index contributed by atoms with van der Waals surface area (Å²) < 4.78 is 0. The molecule has 0 aliphatic heterocycles. The number of nitriles is 1. The van der Waals surface area contributed by atoms with E-state index in [9.17, 15) is 9.90 Å². The first-order valence-corrected chi connectivity index (χ1v) is 5.92. The van der Waals surface area contributed by atoms with Crippen LogP contribution in [0.5, 0.6) is 5.75 Å². The summed E-state index contributed by atoms with van der Waals surface area (Å²) in [5, 5.41) is 21.2. The highest BCUT2D eigenvalue weighted by Crippen LogP contribution is 2.24. The molecule has 2 rings (SSSR count). The summed E-state index contributed by atoms with van der Waals surface area (Å²) in [7, 11) is 0. The van der Waals surface area contributed by atoms with Gasteiger partial charge in [-0.25, -0.2) is 0 Å². The average Bonchev–Trinajstić information content (AvgIpc) is 2.44. The van der Waals surface area contributed by atoms with Crippen molar-refractivity contribution in [3.63, 3.8) is 0 Å². The van der Waals surface area contributed by atoms with Crippen molar-refractivity contribution in [3.05, 3.63) is 53.1 Å². The normalized spacial score (nSPS) is 9.80. The van der Waals surface area contributed by atoms with Gasteiger partial charge in [0, 0.05) is 0 Å². The van der Waals surface area contributed by atoms with Crippen LogP contribution in [0.1, 0.15) is 21.5 Å². The van der Waals surface area contributed by atoms with E-state index in [2.05, 4.69) is 5.32 Å². The number of rotatable bonds is 2. The fraction of sp³-hybridized carbons (Fsp3) is 0.0667. The lowest BCUT2D eigenvalue weighted by atomic mass is 10.1. The maximum atomic E-state index is 12.1.